The quantitative estimate of drug-likeness (QED) is 0.158. The number of fused-ring (bicyclic) bond motifs is 10. The Morgan fingerprint density at radius 2 is 0.894 bits per heavy atom. The van der Waals surface area contributed by atoms with Gasteiger partial charge in [-0.25, -0.2) is 13.4 Å². The van der Waals surface area contributed by atoms with E-state index < -0.39 is 9.84 Å². The Bertz CT molecular complexity index is 4100. The summed E-state index contributed by atoms with van der Waals surface area (Å²) < 4.78 is 39.2. The fourth-order valence-corrected chi connectivity index (χ4v) is 10.8. The summed E-state index contributed by atoms with van der Waals surface area (Å²) in [5.41, 5.74) is 9.95. The summed E-state index contributed by atoms with van der Waals surface area (Å²) in [7, 11) is -3.85. The van der Waals surface area contributed by atoms with Gasteiger partial charge in [-0.15, -0.1) is 0 Å². The van der Waals surface area contributed by atoms with E-state index in [0.717, 1.165) is 93.5 Å². The van der Waals surface area contributed by atoms with Gasteiger partial charge < -0.3 is 8.98 Å². The van der Waals surface area contributed by atoms with Crippen LogP contribution < -0.4 is 0 Å². The molecule has 8 nitrogen and oxygen atoms in total. The van der Waals surface area contributed by atoms with E-state index in [1.165, 1.54) is 0 Å². The molecule has 0 saturated carbocycles. The molecule has 0 aliphatic heterocycles. The van der Waals surface area contributed by atoms with Crippen molar-refractivity contribution in [2.75, 3.05) is 0 Å². The highest BCUT2D eigenvalue weighted by atomic mass is 32.2. The van der Waals surface area contributed by atoms with Gasteiger partial charge in [0, 0.05) is 49.1 Å². The van der Waals surface area contributed by atoms with Gasteiger partial charge >= 0.3 is 0 Å². The van der Waals surface area contributed by atoms with Gasteiger partial charge in [-0.2, -0.15) is 9.97 Å². The summed E-state index contributed by atoms with van der Waals surface area (Å²) in [6, 6.07) is 69.3. The second-order valence-electron chi connectivity index (χ2n) is 16.4. The largest absolute Gasteiger partial charge is 0.454 e. The third-order valence-electron chi connectivity index (χ3n) is 12.6. The summed E-state index contributed by atoms with van der Waals surface area (Å²) >= 11 is 0. The zero-order chi connectivity index (χ0) is 43.9. The van der Waals surface area contributed by atoms with Crippen molar-refractivity contribution in [2.45, 2.75) is 9.79 Å². The molecule has 312 valence electrons. The van der Waals surface area contributed by atoms with Crippen LogP contribution in [-0.4, -0.2) is 32.5 Å². The Kier molecular flexibility index (Phi) is 8.43. The smallest absolute Gasteiger partial charge is 0.238 e. The predicted octanol–water partition coefficient (Wildman–Crippen LogP) is 13.8. The fraction of sp³-hybridized carbons (Fsp3) is 0. The summed E-state index contributed by atoms with van der Waals surface area (Å²) in [6.07, 6.45) is 0. The molecule has 0 aliphatic carbocycles. The third-order valence-corrected chi connectivity index (χ3v) is 14.4. The number of hydrogen-bond donors (Lipinski definition) is 0. The minimum absolute atomic E-state index is 0.215. The lowest BCUT2D eigenvalue weighted by Gasteiger charge is -2.11. The van der Waals surface area contributed by atoms with Gasteiger partial charge in [-0.3, -0.25) is 4.57 Å². The molecule has 0 radical (unpaired) electrons. The zero-order valence-corrected chi connectivity index (χ0v) is 35.9. The molecule has 0 aliphatic rings. The van der Waals surface area contributed by atoms with Crippen LogP contribution in [0.5, 0.6) is 0 Å². The van der Waals surface area contributed by atoms with E-state index in [1.807, 2.05) is 127 Å². The van der Waals surface area contributed by atoms with Crippen molar-refractivity contribution in [3.05, 3.63) is 212 Å². The van der Waals surface area contributed by atoms with Crippen molar-refractivity contribution >= 4 is 75.4 Å². The zero-order valence-electron chi connectivity index (χ0n) is 35.1. The summed E-state index contributed by atoms with van der Waals surface area (Å²) in [4.78, 5) is 15.4. The first-order chi connectivity index (χ1) is 32.5. The van der Waals surface area contributed by atoms with Gasteiger partial charge in [0.05, 0.1) is 31.9 Å². The third kappa shape index (κ3) is 5.91. The maximum Gasteiger partial charge on any atom is 0.238 e. The summed E-state index contributed by atoms with van der Waals surface area (Å²) in [5, 5.41) is 6.31. The van der Waals surface area contributed by atoms with Crippen molar-refractivity contribution in [3.8, 4) is 45.5 Å². The van der Waals surface area contributed by atoms with E-state index in [-0.39, 0.29) is 9.79 Å². The Morgan fingerprint density at radius 1 is 0.379 bits per heavy atom. The number of para-hydroxylation sites is 3. The van der Waals surface area contributed by atoms with Crippen LogP contribution in [0, 0.1) is 0 Å². The molecule has 0 bridgehead atoms. The first-order valence-corrected chi connectivity index (χ1v) is 23.2. The molecule has 13 rings (SSSR count). The standard InChI is InChI=1S/C57H35N5O3S/c63-66(64,42-30-26-40(27-31-42)61-49-20-10-7-17-43(49)46-32-33-47-45-19-9-12-22-52(45)65-54(47)53(46)61)41-28-23-36(24-29-41)39-25-34-51-48(35-39)44-18-8-11-21-50(44)62(51)57-59-55(37-13-3-1-4-14-37)58-56(60-57)38-15-5-2-6-16-38/h1-35H. The molecule has 13 aromatic rings. The number of benzene rings is 9. The summed E-state index contributed by atoms with van der Waals surface area (Å²) in [5.74, 6) is 1.68. The van der Waals surface area contributed by atoms with Crippen LogP contribution >= 0.6 is 0 Å². The molecule has 0 N–H and O–H groups in total. The van der Waals surface area contributed by atoms with E-state index >= 15 is 0 Å². The lowest BCUT2D eigenvalue weighted by Crippen LogP contribution is -2.06. The Labute approximate surface area is 378 Å². The molecule has 4 heterocycles. The van der Waals surface area contributed by atoms with Crippen molar-refractivity contribution in [1.82, 2.24) is 24.1 Å². The number of furan rings is 1. The van der Waals surface area contributed by atoms with Crippen LogP contribution in [0.4, 0.5) is 0 Å². The minimum atomic E-state index is -3.85. The molecule has 9 aromatic carbocycles. The molecular formula is C57H35N5O3S. The molecule has 0 unspecified atom stereocenters. The highest BCUT2D eigenvalue weighted by Crippen LogP contribution is 2.41. The van der Waals surface area contributed by atoms with E-state index in [4.69, 9.17) is 19.4 Å². The number of nitrogens with zero attached hydrogens (tertiary/aromatic N) is 5. The van der Waals surface area contributed by atoms with Crippen molar-refractivity contribution in [3.63, 3.8) is 0 Å². The van der Waals surface area contributed by atoms with Crippen LogP contribution in [0.15, 0.2) is 227 Å². The molecule has 9 heteroatoms. The first-order valence-electron chi connectivity index (χ1n) is 21.7. The lowest BCUT2D eigenvalue weighted by atomic mass is 10.0. The Morgan fingerprint density at radius 3 is 1.56 bits per heavy atom. The fourth-order valence-electron chi connectivity index (χ4n) is 9.50. The highest BCUT2D eigenvalue weighted by molar-refractivity contribution is 7.91. The number of rotatable bonds is 7. The molecule has 0 saturated heterocycles. The monoisotopic (exact) mass is 869 g/mol. The van der Waals surface area contributed by atoms with E-state index in [9.17, 15) is 8.42 Å². The maximum absolute atomic E-state index is 14.2. The van der Waals surface area contributed by atoms with Gasteiger partial charge in [-0.05, 0) is 83.9 Å². The van der Waals surface area contributed by atoms with Crippen molar-refractivity contribution in [1.29, 1.82) is 0 Å². The number of aromatic nitrogens is 5. The van der Waals surface area contributed by atoms with Crippen LogP contribution in [0.1, 0.15) is 0 Å². The van der Waals surface area contributed by atoms with Crippen LogP contribution in [0.3, 0.4) is 0 Å². The lowest BCUT2D eigenvalue weighted by molar-refractivity contribution is 0.596. The molecule has 0 spiro atoms. The Balaban J connectivity index is 0.858. The van der Waals surface area contributed by atoms with Gasteiger partial charge in [0.1, 0.15) is 5.58 Å². The van der Waals surface area contributed by atoms with Gasteiger partial charge in [0.25, 0.3) is 0 Å². The molecule has 0 amide bonds. The highest BCUT2D eigenvalue weighted by Gasteiger charge is 2.23. The van der Waals surface area contributed by atoms with Gasteiger partial charge in [0.15, 0.2) is 17.2 Å². The SMILES string of the molecule is O=S(=O)(c1ccc(-c2ccc3c(c2)c2ccccc2n3-c2nc(-c3ccccc3)nc(-c3ccccc3)n2)cc1)c1ccc(-n2c3ccccc3c3ccc4c5ccccc5oc4c32)cc1. The van der Waals surface area contributed by atoms with Crippen LogP contribution in [-0.2, 0) is 9.84 Å². The molecule has 66 heavy (non-hydrogen) atoms. The molecular weight excluding hydrogens is 835 g/mol. The maximum atomic E-state index is 14.2. The van der Waals surface area contributed by atoms with E-state index in [0.29, 0.717) is 17.6 Å². The van der Waals surface area contributed by atoms with Crippen molar-refractivity contribution < 1.29 is 12.8 Å². The van der Waals surface area contributed by atoms with Crippen LogP contribution in [0.25, 0.3) is 111 Å². The van der Waals surface area contributed by atoms with Gasteiger partial charge in [0.2, 0.25) is 15.8 Å². The topological polar surface area (TPSA) is 95.8 Å². The Hall–Kier alpha value is -8.66. The van der Waals surface area contributed by atoms with Gasteiger partial charge in [-0.1, -0.05) is 140 Å². The first kappa shape index (κ1) is 37.9. The predicted molar refractivity (Wildman–Crippen MR) is 264 cm³/mol. The molecule has 4 aromatic heterocycles. The minimum Gasteiger partial charge on any atom is -0.454 e. The molecule has 0 fully saturated rings. The average Bonchev–Trinajstić information content (AvgIpc) is 4.05. The number of hydrogen-bond acceptors (Lipinski definition) is 6. The van der Waals surface area contributed by atoms with Crippen LogP contribution in [0.2, 0.25) is 0 Å². The second-order valence-corrected chi connectivity index (χ2v) is 18.4. The summed E-state index contributed by atoms with van der Waals surface area (Å²) in [6.45, 7) is 0. The van der Waals surface area contributed by atoms with E-state index in [1.54, 1.807) is 24.3 Å². The normalized spacial score (nSPS) is 12.1. The van der Waals surface area contributed by atoms with E-state index in [2.05, 4.69) is 69.8 Å². The van der Waals surface area contributed by atoms with Crippen molar-refractivity contribution in [2.24, 2.45) is 0 Å². The second kappa shape index (κ2) is 14.7. The average molecular weight is 870 g/mol. The number of sulfone groups is 1. The molecule has 0 atom stereocenters.